The predicted molar refractivity (Wildman–Crippen MR) is 148 cm³/mol. The lowest BCUT2D eigenvalue weighted by molar-refractivity contribution is -0.131. The van der Waals surface area contributed by atoms with Crippen LogP contribution >= 0.6 is 0 Å². The number of hydrogen-bond donors (Lipinski definition) is 0. The molecule has 0 bridgehead atoms. The van der Waals surface area contributed by atoms with Gasteiger partial charge in [-0.05, 0) is 73.8 Å². The van der Waals surface area contributed by atoms with Crippen molar-refractivity contribution < 1.29 is 28.2 Å². The summed E-state index contributed by atoms with van der Waals surface area (Å²) in [6.45, 7) is 7.81. The molecule has 3 rings (SSSR count). The number of halogens is 1. The van der Waals surface area contributed by atoms with Crippen molar-refractivity contribution in [1.82, 2.24) is 0 Å². The van der Waals surface area contributed by atoms with E-state index in [1.54, 1.807) is 24.3 Å². The van der Waals surface area contributed by atoms with Crippen molar-refractivity contribution in [3.63, 3.8) is 0 Å². The molecule has 6 heteroatoms. The fourth-order valence-corrected chi connectivity index (χ4v) is 5.04. The van der Waals surface area contributed by atoms with Gasteiger partial charge in [-0.1, -0.05) is 71.1 Å². The number of rotatable bonds is 14. The Morgan fingerprint density at radius 3 is 2.24 bits per heavy atom. The number of carbonyl (C=O) groups is 2. The monoisotopic (exact) mass is 524 g/mol. The first kappa shape index (κ1) is 29.4. The summed E-state index contributed by atoms with van der Waals surface area (Å²) in [5.41, 5.74) is 1.69. The zero-order chi connectivity index (χ0) is 27.3. The Balaban J connectivity index is 1.62. The second-order valence-corrected chi connectivity index (χ2v) is 10.2. The molecule has 206 valence electrons. The highest BCUT2D eigenvalue weighted by atomic mass is 19.1. The molecule has 0 aromatic heterocycles. The first-order chi connectivity index (χ1) is 18.4. The van der Waals surface area contributed by atoms with Gasteiger partial charge in [0.2, 0.25) is 5.83 Å². The van der Waals surface area contributed by atoms with Crippen molar-refractivity contribution in [2.24, 2.45) is 5.92 Å². The van der Waals surface area contributed by atoms with Crippen LogP contribution < -0.4 is 14.2 Å². The van der Waals surface area contributed by atoms with Crippen molar-refractivity contribution in [3.05, 3.63) is 66.0 Å². The van der Waals surface area contributed by atoms with Crippen molar-refractivity contribution >= 4 is 11.9 Å². The molecule has 2 aromatic carbocycles. The molecule has 0 saturated heterocycles. The second kappa shape index (κ2) is 15.3. The van der Waals surface area contributed by atoms with Crippen LogP contribution in [0.3, 0.4) is 0 Å². The third-order valence-corrected chi connectivity index (χ3v) is 7.22. The zero-order valence-electron chi connectivity index (χ0n) is 22.8. The summed E-state index contributed by atoms with van der Waals surface area (Å²) in [6, 6.07) is 12.1. The van der Waals surface area contributed by atoms with E-state index in [9.17, 15) is 14.0 Å². The average Bonchev–Trinajstić information content (AvgIpc) is 2.92. The molecule has 0 atom stereocenters. The molecule has 0 spiro atoms. The summed E-state index contributed by atoms with van der Waals surface area (Å²) >= 11 is 0. The maximum Gasteiger partial charge on any atom is 0.372 e. The van der Waals surface area contributed by atoms with Gasteiger partial charge in [-0.25, -0.2) is 9.59 Å². The van der Waals surface area contributed by atoms with Gasteiger partial charge in [0.1, 0.15) is 5.75 Å². The normalized spacial score (nSPS) is 17.0. The highest BCUT2D eigenvalue weighted by Gasteiger charge is 2.22. The lowest BCUT2D eigenvalue weighted by Crippen LogP contribution is -2.14. The first-order valence-electron chi connectivity index (χ1n) is 14.1. The summed E-state index contributed by atoms with van der Waals surface area (Å²) in [6.07, 6.45) is 12.8. The van der Waals surface area contributed by atoms with Crippen molar-refractivity contribution in [2.75, 3.05) is 6.61 Å². The second-order valence-electron chi connectivity index (χ2n) is 10.2. The molecule has 0 radical (unpaired) electrons. The molecule has 0 N–H and O–H groups in total. The largest absolute Gasteiger partial charge is 0.490 e. The van der Waals surface area contributed by atoms with Gasteiger partial charge < -0.3 is 14.2 Å². The molecule has 2 aromatic rings. The average molecular weight is 525 g/mol. The Kier molecular flexibility index (Phi) is 11.8. The topological polar surface area (TPSA) is 61.8 Å². The van der Waals surface area contributed by atoms with E-state index >= 15 is 0 Å². The van der Waals surface area contributed by atoms with Gasteiger partial charge in [0, 0.05) is 6.07 Å². The van der Waals surface area contributed by atoms with Crippen LogP contribution in [-0.2, 0) is 4.79 Å². The van der Waals surface area contributed by atoms with E-state index < -0.39 is 17.8 Å². The zero-order valence-corrected chi connectivity index (χ0v) is 22.8. The maximum absolute atomic E-state index is 13.3. The molecule has 0 heterocycles. The number of hydrogen-bond acceptors (Lipinski definition) is 5. The van der Waals surface area contributed by atoms with Gasteiger partial charge in [0.05, 0.1) is 12.2 Å². The molecule has 0 amide bonds. The van der Waals surface area contributed by atoms with Gasteiger partial charge in [0.25, 0.3) is 0 Å². The number of esters is 2. The highest BCUT2D eigenvalue weighted by molar-refractivity contribution is 5.91. The number of carbonyl (C=O) groups excluding carboxylic acids is 2. The SMILES string of the molecule is C=C(F)C(=O)Oc1cc(OC(=O)c2ccc(C3CCC(CCC)CC3)cc2)ccc1OCCCCCCC. The minimum Gasteiger partial charge on any atom is -0.490 e. The molecule has 1 saturated carbocycles. The summed E-state index contributed by atoms with van der Waals surface area (Å²) in [5, 5.41) is 0. The molecular weight excluding hydrogens is 483 g/mol. The highest BCUT2D eigenvalue weighted by Crippen LogP contribution is 2.38. The van der Waals surface area contributed by atoms with Crippen molar-refractivity contribution in [2.45, 2.75) is 90.4 Å². The minimum absolute atomic E-state index is 0.0262. The van der Waals surface area contributed by atoms with E-state index in [1.165, 1.54) is 56.6 Å². The van der Waals surface area contributed by atoms with Crippen molar-refractivity contribution in [1.29, 1.82) is 0 Å². The van der Waals surface area contributed by atoms with Crippen LogP contribution in [0.5, 0.6) is 17.2 Å². The first-order valence-corrected chi connectivity index (χ1v) is 14.1. The van der Waals surface area contributed by atoms with E-state index in [0.29, 0.717) is 18.1 Å². The van der Waals surface area contributed by atoms with Crippen LogP contribution in [-0.4, -0.2) is 18.5 Å². The predicted octanol–water partition coefficient (Wildman–Crippen LogP) is 8.72. The standard InChI is InChI=1S/C32H41FO5/c1-4-6-7-8-9-21-36-29-20-19-28(22-30(29)38-31(34)23(3)33)37-32(35)27-17-15-26(16-18-27)25-13-11-24(10-5-2)12-14-25/h15-20,22,24-25H,3-14,21H2,1-2H3. The lowest BCUT2D eigenvalue weighted by atomic mass is 9.77. The molecule has 0 aliphatic heterocycles. The van der Waals surface area contributed by atoms with E-state index in [2.05, 4.69) is 20.4 Å². The molecule has 5 nitrogen and oxygen atoms in total. The molecular formula is C32H41FO5. The third-order valence-electron chi connectivity index (χ3n) is 7.22. The third kappa shape index (κ3) is 9.00. The van der Waals surface area contributed by atoms with Crippen LogP contribution in [0, 0.1) is 5.92 Å². The number of benzene rings is 2. The van der Waals surface area contributed by atoms with Crippen LogP contribution in [0.15, 0.2) is 54.9 Å². The summed E-state index contributed by atoms with van der Waals surface area (Å²) in [7, 11) is 0. The van der Waals surface area contributed by atoms with Crippen LogP contribution in [0.2, 0.25) is 0 Å². The quantitative estimate of drug-likeness (QED) is 0.107. The molecule has 0 unspecified atom stereocenters. The summed E-state index contributed by atoms with van der Waals surface area (Å²) < 4.78 is 29.7. The van der Waals surface area contributed by atoms with E-state index in [1.807, 2.05) is 12.1 Å². The van der Waals surface area contributed by atoms with Gasteiger partial charge in [-0.3, -0.25) is 0 Å². The van der Waals surface area contributed by atoms with E-state index in [4.69, 9.17) is 14.2 Å². The lowest BCUT2D eigenvalue weighted by Gasteiger charge is -2.28. The van der Waals surface area contributed by atoms with Gasteiger partial charge in [0.15, 0.2) is 11.5 Å². The molecule has 1 aliphatic rings. The molecule has 1 fully saturated rings. The van der Waals surface area contributed by atoms with Crippen LogP contribution in [0.25, 0.3) is 0 Å². The Bertz CT molecular complexity index is 1050. The van der Waals surface area contributed by atoms with Crippen molar-refractivity contribution in [3.8, 4) is 17.2 Å². The summed E-state index contributed by atoms with van der Waals surface area (Å²) in [4.78, 5) is 24.6. The fourth-order valence-electron chi connectivity index (χ4n) is 5.04. The Morgan fingerprint density at radius 2 is 1.58 bits per heavy atom. The number of unbranched alkanes of at least 4 members (excludes halogenated alkanes) is 4. The van der Waals surface area contributed by atoms with Gasteiger partial charge in [-0.15, -0.1) is 0 Å². The minimum atomic E-state index is -1.23. The Morgan fingerprint density at radius 1 is 0.868 bits per heavy atom. The smallest absolute Gasteiger partial charge is 0.372 e. The van der Waals surface area contributed by atoms with Gasteiger partial charge >= 0.3 is 11.9 Å². The molecule has 1 aliphatic carbocycles. The fraction of sp³-hybridized carbons (Fsp3) is 0.500. The van der Waals surface area contributed by atoms with E-state index in [0.717, 1.165) is 31.6 Å². The Hall–Kier alpha value is -3.15. The molecule has 38 heavy (non-hydrogen) atoms. The summed E-state index contributed by atoms with van der Waals surface area (Å²) in [5.74, 6) is -1.18. The Labute approximate surface area is 226 Å². The van der Waals surface area contributed by atoms with Crippen LogP contribution in [0.1, 0.15) is 106 Å². The maximum atomic E-state index is 13.3. The van der Waals surface area contributed by atoms with Gasteiger partial charge in [-0.2, -0.15) is 4.39 Å². The van der Waals surface area contributed by atoms with Crippen LogP contribution in [0.4, 0.5) is 4.39 Å². The van der Waals surface area contributed by atoms with E-state index in [-0.39, 0.29) is 17.2 Å². The number of ether oxygens (including phenoxy) is 3.